The van der Waals surface area contributed by atoms with Crippen molar-refractivity contribution in [2.45, 2.75) is 27.3 Å². The molecular weight excluding hydrogens is 380 g/mol. The zero-order valence-electron chi connectivity index (χ0n) is 18.4. The van der Waals surface area contributed by atoms with Gasteiger partial charge in [0.15, 0.2) is 5.96 Å². The predicted molar refractivity (Wildman–Crippen MR) is 120 cm³/mol. The minimum absolute atomic E-state index is 0.0464. The number of nitrogens with one attached hydrogen (secondary N) is 1. The van der Waals surface area contributed by atoms with E-state index >= 15 is 0 Å². The molecule has 30 heavy (non-hydrogen) atoms. The van der Waals surface area contributed by atoms with Crippen LogP contribution in [-0.2, 0) is 18.4 Å². The number of pyridine rings is 1. The van der Waals surface area contributed by atoms with Crippen molar-refractivity contribution in [2.24, 2.45) is 12.0 Å². The molecule has 162 valence electrons. The molecule has 0 unspecified atom stereocenters. The Bertz CT molecular complexity index is 856. The first-order chi connectivity index (χ1) is 14.5. The lowest BCUT2D eigenvalue weighted by atomic mass is 10.2. The molecule has 1 aliphatic heterocycles. The van der Waals surface area contributed by atoms with Gasteiger partial charge >= 0.3 is 0 Å². The highest BCUT2D eigenvalue weighted by Crippen LogP contribution is 2.16. The lowest BCUT2D eigenvalue weighted by molar-refractivity contribution is -0.120. The van der Waals surface area contributed by atoms with Gasteiger partial charge in [-0.05, 0) is 32.4 Å². The summed E-state index contributed by atoms with van der Waals surface area (Å²) in [4.78, 5) is 28.0. The number of carbonyl (C=O) groups excluding carboxylic acids is 1. The van der Waals surface area contributed by atoms with E-state index in [0.717, 1.165) is 42.7 Å². The van der Waals surface area contributed by atoms with E-state index in [0.29, 0.717) is 26.2 Å². The van der Waals surface area contributed by atoms with Gasteiger partial charge in [-0.1, -0.05) is 6.07 Å². The molecule has 1 fully saturated rings. The first kappa shape index (κ1) is 21.6. The van der Waals surface area contributed by atoms with Crippen molar-refractivity contribution in [2.75, 3.05) is 49.1 Å². The highest BCUT2D eigenvalue weighted by atomic mass is 16.2. The van der Waals surface area contributed by atoms with Gasteiger partial charge in [0.2, 0.25) is 5.91 Å². The fourth-order valence-electron chi connectivity index (χ4n) is 3.51. The number of guanidine groups is 1. The monoisotopic (exact) mass is 412 g/mol. The Balaban J connectivity index is 1.65. The molecule has 1 N–H and O–H groups in total. The number of amides is 1. The number of aryl methyl sites for hydroxylation is 1. The summed E-state index contributed by atoms with van der Waals surface area (Å²) in [6.07, 6.45) is 5.47. The van der Waals surface area contributed by atoms with Crippen molar-refractivity contribution >= 4 is 23.4 Å². The number of piperazine rings is 1. The predicted octanol–water partition coefficient (Wildman–Crippen LogP) is 1.48. The fraction of sp³-hybridized carbons (Fsp3) is 0.524. The molecule has 3 heterocycles. The first-order valence-electron chi connectivity index (χ1n) is 10.6. The summed E-state index contributed by atoms with van der Waals surface area (Å²) >= 11 is 0. The van der Waals surface area contributed by atoms with Crippen LogP contribution in [0.1, 0.15) is 26.3 Å². The van der Waals surface area contributed by atoms with Crippen LogP contribution >= 0.6 is 0 Å². The fourth-order valence-corrected chi connectivity index (χ4v) is 3.51. The summed E-state index contributed by atoms with van der Waals surface area (Å²) < 4.78 is 1.71. The summed E-state index contributed by atoms with van der Waals surface area (Å²) in [6.45, 7) is 11.0. The molecule has 0 radical (unpaired) electrons. The average Bonchev–Trinajstić information content (AvgIpc) is 3.18. The quantitative estimate of drug-likeness (QED) is 0.548. The van der Waals surface area contributed by atoms with E-state index in [2.05, 4.69) is 40.2 Å². The van der Waals surface area contributed by atoms with Gasteiger partial charge in [-0.2, -0.15) is 5.10 Å². The van der Waals surface area contributed by atoms with E-state index in [1.807, 2.05) is 37.3 Å². The largest absolute Gasteiger partial charge is 0.357 e. The molecule has 3 rings (SSSR count). The maximum atomic E-state index is 12.7. The molecule has 0 bridgehead atoms. The van der Waals surface area contributed by atoms with Crippen LogP contribution in [0.2, 0.25) is 0 Å². The molecule has 1 aliphatic rings. The molecule has 1 saturated heterocycles. The van der Waals surface area contributed by atoms with Gasteiger partial charge in [0, 0.05) is 52.2 Å². The van der Waals surface area contributed by atoms with Crippen LogP contribution < -0.4 is 15.1 Å². The van der Waals surface area contributed by atoms with Crippen molar-refractivity contribution < 1.29 is 4.79 Å². The first-order valence-corrected chi connectivity index (χ1v) is 10.6. The van der Waals surface area contributed by atoms with Gasteiger partial charge in [-0.15, -0.1) is 0 Å². The zero-order chi connectivity index (χ0) is 21.5. The van der Waals surface area contributed by atoms with Crippen molar-refractivity contribution in [3.05, 3.63) is 36.3 Å². The van der Waals surface area contributed by atoms with Crippen LogP contribution in [0.5, 0.6) is 0 Å². The number of hydrogen-bond donors (Lipinski definition) is 1. The van der Waals surface area contributed by atoms with Crippen LogP contribution in [0.15, 0.2) is 35.7 Å². The highest BCUT2D eigenvalue weighted by molar-refractivity contribution is 5.98. The van der Waals surface area contributed by atoms with E-state index < -0.39 is 0 Å². The second-order valence-electron chi connectivity index (χ2n) is 7.21. The number of rotatable bonds is 7. The third kappa shape index (κ3) is 5.08. The summed E-state index contributed by atoms with van der Waals surface area (Å²) in [5.41, 5.74) is 1.88. The Morgan fingerprint density at radius 2 is 2.00 bits per heavy atom. The summed E-state index contributed by atoms with van der Waals surface area (Å²) in [7, 11) is 1.85. The van der Waals surface area contributed by atoms with Crippen molar-refractivity contribution in [1.82, 2.24) is 25.0 Å². The Morgan fingerprint density at radius 1 is 1.20 bits per heavy atom. The minimum atomic E-state index is 0.0464. The number of carbonyl (C=O) groups is 1. The van der Waals surface area contributed by atoms with Crippen molar-refractivity contribution in [3.8, 4) is 0 Å². The zero-order valence-corrected chi connectivity index (χ0v) is 18.4. The van der Waals surface area contributed by atoms with E-state index in [1.165, 1.54) is 0 Å². The molecular formula is C21H32N8O. The van der Waals surface area contributed by atoms with E-state index in [4.69, 9.17) is 4.99 Å². The molecule has 9 nitrogen and oxygen atoms in total. The standard InChI is InChI=1S/C21H32N8O/c1-5-22-21(24-13-17-8-9-19(23-12-17)27(6-2)7-3)28-10-11-29(20(30)16-28)18-14-25-26(4)15-18/h8-9,12,14-15H,5-7,10-11,13,16H2,1-4H3,(H,22,24). The van der Waals surface area contributed by atoms with Crippen LogP contribution in [-0.4, -0.2) is 70.8 Å². The second kappa shape index (κ2) is 10.1. The second-order valence-corrected chi connectivity index (χ2v) is 7.21. The average molecular weight is 413 g/mol. The SMILES string of the molecule is CCNC(=NCc1ccc(N(CC)CC)nc1)N1CCN(c2cnn(C)c2)C(=O)C1. The summed E-state index contributed by atoms with van der Waals surface area (Å²) in [5.74, 6) is 1.78. The number of aliphatic imine (C=N–C) groups is 1. The lowest BCUT2D eigenvalue weighted by Crippen LogP contribution is -2.55. The molecule has 0 saturated carbocycles. The number of aromatic nitrogens is 3. The third-order valence-electron chi connectivity index (χ3n) is 5.17. The van der Waals surface area contributed by atoms with E-state index in [1.54, 1.807) is 15.8 Å². The van der Waals surface area contributed by atoms with Gasteiger partial charge in [0.25, 0.3) is 0 Å². The Labute approximate surface area is 178 Å². The molecule has 0 spiro atoms. The molecule has 0 aliphatic carbocycles. The van der Waals surface area contributed by atoms with Gasteiger partial charge in [-0.25, -0.2) is 9.98 Å². The van der Waals surface area contributed by atoms with Crippen LogP contribution in [0.25, 0.3) is 0 Å². The molecule has 1 amide bonds. The minimum Gasteiger partial charge on any atom is -0.357 e. The molecule has 0 aromatic carbocycles. The Morgan fingerprint density at radius 3 is 2.57 bits per heavy atom. The van der Waals surface area contributed by atoms with Gasteiger partial charge in [0.1, 0.15) is 12.4 Å². The molecule has 2 aromatic heterocycles. The Kier molecular flexibility index (Phi) is 7.26. The van der Waals surface area contributed by atoms with Crippen molar-refractivity contribution in [1.29, 1.82) is 0 Å². The molecule has 2 aromatic rings. The van der Waals surface area contributed by atoms with Crippen LogP contribution in [0, 0.1) is 0 Å². The van der Waals surface area contributed by atoms with Crippen LogP contribution in [0.3, 0.4) is 0 Å². The maximum absolute atomic E-state index is 12.7. The van der Waals surface area contributed by atoms with Crippen LogP contribution in [0.4, 0.5) is 11.5 Å². The third-order valence-corrected chi connectivity index (χ3v) is 5.17. The number of nitrogens with zero attached hydrogens (tertiary/aromatic N) is 7. The Hall–Kier alpha value is -3.10. The van der Waals surface area contributed by atoms with Gasteiger partial charge < -0.3 is 20.0 Å². The molecule has 9 heteroatoms. The normalized spacial score (nSPS) is 14.9. The lowest BCUT2D eigenvalue weighted by Gasteiger charge is -2.35. The summed E-state index contributed by atoms with van der Waals surface area (Å²) in [5, 5.41) is 7.47. The van der Waals surface area contributed by atoms with Crippen molar-refractivity contribution in [3.63, 3.8) is 0 Å². The number of hydrogen-bond acceptors (Lipinski definition) is 5. The smallest absolute Gasteiger partial charge is 0.246 e. The summed E-state index contributed by atoms with van der Waals surface area (Å²) in [6, 6.07) is 4.11. The van der Waals surface area contributed by atoms with E-state index in [-0.39, 0.29) is 5.91 Å². The van der Waals surface area contributed by atoms with E-state index in [9.17, 15) is 4.79 Å². The van der Waals surface area contributed by atoms with Gasteiger partial charge in [-0.3, -0.25) is 9.48 Å². The molecule has 0 atom stereocenters. The number of anilines is 2. The topological polar surface area (TPSA) is 81.9 Å². The highest BCUT2D eigenvalue weighted by Gasteiger charge is 2.27. The maximum Gasteiger partial charge on any atom is 0.246 e. The van der Waals surface area contributed by atoms with Gasteiger partial charge in [0.05, 0.1) is 18.4 Å².